The van der Waals surface area contributed by atoms with Crippen molar-refractivity contribution in [3.05, 3.63) is 35.4 Å². The van der Waals surface area contributed by atoms with Crippen LogP contribution in [0.4, 0.5) is 35.1 Å². The summed E-state index contributed by atoms with van der Waals surface area (Å²) in [6.07, 6.45) is -15.0. The zero-order valence-corrected chi connectivity index (χ0v) is 8.86. The second kappa shape index (κ2) is 4.95. The molecule has 0 heterocycles. The topological polar surface area (TPSA) is 20.2 Å². The highest BCUT2D eigenvalue weighted by Gasteiger charge is 2.60. The van der Waals surface area contributed by atoms with Crippen molar-refractivity contribution in [2.24, 2.45) is 5.92 Å². The lowest BCUT2D eigenvalue weighted by Gasteiger charge is -2.27. The minimum absolute atomic E-state index is 0.0878. The number of benzene rings is 1. The Morgan fingerprint density at radius 1 is 0.895 bits per heavy atom. The Bertz CT molecular complexity index is 436. The summed E-state index contributed by atoms with van der Waals surface area (Å²) in [6.45, 7) is 0. The van der Waals surface area contributed by atoms with Gasteiger partial charge in [0.2, 0.25) is 0 Å². The molecule has 1 nitrogen and oxygen atoms in total. The van der Waals surface area contributed by atoms with Crippen LogP contribution in [0.25, 0.3) is 0 Å². The molecule has 108 valence electrons. The van der Waals surface area contributed by atoms with Crippen LogP contribution in [0.5, 0.6) is 0 Å². The van der Waals surface area contributed by atoms with Gasteiger partial charge in [0, 0.05) is 5.56 Å². The van der Waals surface area contributed by atoms with Crippen LogP contribution in [-0.4, -0.2) is 17.5 Å². The lowest BCUT2D eigenvalue weighted by molar-refractivity contribution is -0.307. The molecule has 0 aromatic heterocycles. The van der Waals surface area contributed by atoms with E-state index < -0.39 is 41.6 Å². The van der Waals surface area contributed by atoms with Crippen LogP contribution in [-0.2, 0) is 0 Å². The normalized spacial score (nSPS) is 14.8. The number of hydrogen-bond acceptors (Lipinski definition) is 1. The quantitative estimate of drug-likeness (QED) is 0.824. The molecule has 0 saturated heterocycles. The standard InChI is InChI=1S/C10H6F8O/c11-4-1-2-6(12)5(3-4)7(19)8(9(13,14)15)10(16,17)18/h1-3,7-8,19H. The number of aliphatic hydroxyl groups is 1. The molecule has 1 aromatic rings. The van der Waals surface area contributed by atoms with Gasteiger partial charge in [0.1, 0.15) is 17.7 Å². The highest BCUT2D eigenvalue weighted by molar-refractivity contribution is 5.22. The van der Waals surface area contributed by atoms with Crippen LogP contribution in [0.15, 0.2) is 18.2 Å². The van der Waals surface area contributed by atoms with E-state index in [1.165, 1.54) is 0 Å². The molecule has 1 unspecified atom stereocenters. The van der Waals surface area contributed by atoms with E-state index >= 15 is 0 Å². The minimum Gasteiger partial charge on any atom is -0.387 e. The molecule has 0 saturated carbocycles. The second-order valence-corrected chi connectivity index (χ2v) is 3.67. The first-order valence-electron chi connectivity index (χ1n) is 4.71. The maximum Gasteiger partial charge on any atom is 0.403 e. The Balaban J connectivity index is 3.28. The molecule has 0 aliphatic rings. The summed E-state index contributed by atoms with van der Waals surface area (Å²) >= 11 is 0. The SMILES string of the molecule is OC(c1cc(F)ccc1F)C(C(F)(F)F)C(F)(F)F. The molecule has 19 heavy (non-hydrogen) atoms. The molecular formula is C10H6F8O. The Labute approximate surface area is 101 Å². The third kappa shape index (κ3) is 3.55. The van der Waals surface area contributed by atoms with Gasteiger partial charge >= 0.3 is 12.4 Å². The van der Waals surface area contributed by atoms with E-state index in [4.69, 9.17) is 5.11 Å². The largest absolute Gasteiger partial charge is 0.403 e. The summed E-state index contributed by atoms with van der Waals surface area (Å²) in [5.41, 5.74) is -1.40. The Hall–Kier alpha value is -1.38. The van der Waals surface area contributed by atoms with Gasteiger partial charge in [0.05, 0.1) is 0 Å². The monoisotopic (exact) mass is 294 g/mol. The predicted molar refractivity (Wildman–Crippen MR) is 46.9 cm³/mol. The zero-order valence-electron chi connectivity index (χ0n) is 8.86. The van der Waals surface area contributed by atoms with E-state index in [1.807, 2.05) is 0 Å². The van der Waals surface area contributed by atoms with Gasteiger partial charge in [0.25, 0.3) is 0 Å². The minimum atomic E-state index is -5.85. The number of hydrogen-bond donors (Lipinski definition) is 1. The molecule has 0 spiro atoms. The average Bonchev–Trinajstić information content (AvgIpc) is 2.17. The van der Waals surface area contributed by atoms with Crippen molar-refractivity contribution in [1.29, 1.82) is 0 Å². The Morgan fingerprint density at radius 2 is 1.37 bits per heavy atom. The molecule has 0 aliphatic heterocycles. The van der Waals surface area contributed by atoms with Gasteiger partial charge in [-0.05, 0) is 18.2 Å². The van der Waals surface area contributed by atoms with Gasteiger partial charge in [-0.2, -0.15) is 26.3 Å². The summed E-state index contributed by atoms with van der Waals surface area (Å²) < 4.78 is 99.5. The van der Waals surface area contributed by atoms with Crippen molar-refractivity contribution >= 4 is 0 Å². The highest BCUT2D eigenvalue weighted by atomic mass is 19.4. The lowest BCUT2D eigenvalue weighted by Crippen LogP contribution is -2.41. The maximum absolute atomic E-state index is 13.1. The highest BCUT2D eigenvalue weighted by Crippen LogP contribution is 2.46. The third-order valence-corrected chi connectivity index (χ3v) is 2.30. The molecule has 1 aromatic carbocycles. The zero-order chi connectivity index (χ0) is 15.0. The van der Waals surface area contributed by atoms with Crippen molar-refractivity contribution in [2.75, 3.05) is 0 Å². The van der Waals surface area contributed by atoms with Gasteiger partial charge < -0.3 is 5.11 Å². The first-order valence-corrected chi connectivity index (χ1v) is 4.71. The van der Waals surface area contributed by atoms with E-state index in [-0.39, 0.29) is 6.07 Å². The molecule has 0 fully saturated rings. The molecule has 0 bridgehead atoms. The van der Waals surface area contributed by atoms with Crippen LogP contribution in [0.1, 0.15) is 11.7 Å². The molecule has 0 radical (unpaired) electrons. The fourth-order valence-corrected chi connectivity index (χ4v) is 1.46. The number of rotatable bonds is 2. The van der Waals surface area contributed by atoms with E-state index in [9.17, 15) is 35.1 Å². The third-order valence-electron chi connectivity index (χ3n) is 2.30. The fraction of sp³-hybridized carbons (Fsp3) is 0.400. The summed E-state index contributed by atoms with van der Waals surface area (Å²) in [4.78, 5) is 0. The lowest BCUT2D eigenvalue weighted by atomic mass is 9.94. The molecule has 1 rings (SSSR count). The van der Waals surface area contributed by atoms with E-state index in [2.05, 4.69) is 0 Å². The van der Waals surface area contributed by atoms with Gasteiger partial charge in [-0.3, -0.25) is 0 Å². The van der Waals surface area contributed by atoms with E-state index in [0.717, 1.165) is 0 Å². The van der Waals surface area contributed by atoms with Gasteiger partial charge in [-0.1, -0.05) is 0 Å². The smallest absolute Gasteiger partial charge is 0.387 e. The van der Waals surface area contributed by atoms with E-state index in [0.29, 0.717) is 12.1 Å². The van der Waals surface area contributed by atoms with Crippen LogP contribution in [0.3, 0.4) is 0 Å². The average molecular weight is 294 g/mol. The molecule has 9 heteroatoms. The summed E-state index contributed by atoms with van der Waals surface area (Å²) in [7, 11) is 0. The van der Waals surface area contributed by atoms with Crippen LogP contribution < -0.4 is 0 Å². The van der Waals surface area contributed by atoms with Gasteiger partial charge in [-0.15, -0.1) is 0 Å². The van der Waals surface area contributed by atoms with Crippen LogP contribution >= 0.6 is 0 Å². The molecule has 1 atom stereocenters. The second-order valence-electron chi connectivity index (χ2n) is 3.67. The molecule has 0 amide bonds. The summed E-state index contributed by atoms with van der Waals surface area (Å²) in [5, 5.41) is 9.11. The maximum atomic E-state index is 13.1. The molecular weight excluding hydrogens is 288 g/mol. The van der Waals surface area contributed by atoms with Crippen molar-refractivity contribution in [2.45, 2.75) is 18.5 Å². The van der Waals surface area contributed by atoms with E-state index in [1.54, 1.807) is 0 Å². The summed E-state index contributed by atoms with van der Waals surface area (Å²) in [5.74, 6) is -7.03. The Morgan fingerprint density at radius 3 is 1.79 bits per heavy atom. The molecule has 1 N–H and O–H groups in total. The Kier molecular flexibility index (Phi) is 4.08. The fourth-order valence-electron chi connectivity index (χ4n) is 1.46. The summed E-state index contributed by atoms with van der Waals surface area (Å²) in [6, 6.07) is 0.921. The first kappa shape index (κ1) is 15.7. The number of aliphatic hydroxyl groups excluding tert-OH is 1. The predicted octanol–water partition coefficient (Wildman–Crippen LogP) is 3.74. The first-order chi connectivity index (χ1) is 8.44. The van der Waals surface area contributed by atoms with Gasteiger partial charge in [0.15, 0.2) is 5.92 Å². The number of halogens is 8. The van der Waals surface area contributed by atoms with Crippen molar-refractivity contribution in [3.8, 4) is 0 Å². The number of alkyl halides is 6. The van der Waals surface area contributed by atoms with Crippen LogP contribution in [0, 0.1) is 17.6 Å². The van der Waals surface area contributed by atoms with Crippen molar-refractivity contribution < 1.29 is 40.2 Å². The molecule has 0 aliphatic carbocycles. The van der Waals surface area contributed by atoms with Crippen molar-refractivity contribution in [3.63, 3.8) is 0 Å². The van der Waals surface area contributed by atoms with Crippen molar-refractivity contribution in [1.82, 2.24) is 0 Å². The van der Waals surface area contributed by atoms with Crippen LogP contribution in [0.2, 0.25) is 0 Å². The van der Waals surface area contributed by atoms with Gasteiger partial charge in [-0.25, -0.2) is 8.78 Å².